The van der Waals surface area contributed by atoms with Gasteiger partial charge in [-0.3, -0.25) is 42.3 Å². The molecule has 5 aromatic heterocycles. The number of aryl methyl sites for hydroxylation is 1. The third kappa shape index (κ3) is 12.2. The van der Waals surface area contributed by atoms with Crippen molar-refractivity contribution in [2.24, 2.45) is 13.0 Å². The number of urea groups is 1. The Kier molecular flexibility index (Phi) is 16.6. The highest BCUT2D eigenvalue weighted by atomic mass is 31.3. The zero-order valence-corrected chi connectivity index (χ0v) is 43.7. The number of H-pyrrole nitrogens is 2. The van der Waals surface area contributed by atoms with Crippen LogP contribution in [0.3, 0.4) is 0 Å². The van der Waals surface area contributed by atoms with Gasteiger partial charge in [0.25, 0.3) is 17.1 Å². The van der Waals surface area contributed by atoms with E-state index in [-0.39, 0.29) is 40.6 Å². The zero-order valence-electron chi connectivity index (χ0n) is 40.1. The lowest BCUT2D eigenvalue weighted by molar-refractivity contribution is -0.745. The highest BCUT2D eigenvalue weighted by Crippen LogP contribution is 2.68. The van der Waals surface area contributed by atoms with E-state index in [0.717, 1.165) is 41.5 Å². The van der Waals surface area contributed by atoms with Gasteiger partial charge in [-0.1, -0.05) is 4.98 Å². The summed E-state index contributed by atoms with van der Waals surface area (Å²) in [7, 11) is -18.5. The fourth-order valence-corrected chi connectivity index (χ4v) is 13.9. The Morgan fingerprint density at radius 2 is 1.52 bits per heavy atom. The normalized spacial score (nSPS) is 29.8. The van der Waals surface area contributed by atoms with E-state index < -0.39 is 147 Å². The highest BCUT2D eigenvalue weighted by Gasteiger charge is 2.55. The van der Waals surface area contributed by atoms with Crippen LogP contribution < -0.4 is 43.1 Å². The quantitative estimate of drug-likeness (QED) is 0.0257. The van der Waals surface area contributed by atoms with Crippen LogP contribution in [0.15, 0.2) is 45.6 Å². The second-order valence-electron chi connectivity index (χ2n) is 17.5. The highest BCUT2D eigenvalue weighted by molar-refractivity contribution is 7.66. The van der Waals surface area contributed by atoms with E-state index in [4.69, 9.17) is 44.0 Å². The minimum Gasteiger partial charge on any atom is -0.778 e. The van der Waals surface area contributed by atoms with Crippen molar-refractivity contribution in [3.8, 4) is 0 Å². The third-order valence-corrected chi connectivity index (χ3v) is 18.3. The molecule has 3 aliphatic rings. The maximum absolute atomic E-state index is 14.2. The number of rotatable bonds is 20. The van der Waals surface area contributed by atoms with Crippen LogP contribution in [0.5, 0.6) is 0 Å². The van der Waals surface area contributed by atoms with Gasteiger partial charge in [-0.15, -0.1) is 0 Å². The van der Waals surface area contributed by atoms with Crippen molar-refractivity contribution >= 4 is 71.2 Å². The number of phosphoric ester groups is 2. The average molecular weight is 1170 g/mol. The summed E-state index contributed by atoms with van der Waals surface area (Å²) < 4.78 is 105. The van der Waals surface area contributed by atoms with Crippen LogP contribution in [0.4, 0.5) is 16.6 Å². The summed E-state index contributed by atoms with van der Waals surface area (Å²) in [6, 6.07) is 0.270. The van der Waals surface area contributed by atoms with Crippen LogP contribution in [0.25, 0.3) is 22.3 Å². The summed E-state index contributed by atoms with van der Waals surface area (Å²) in [6.07, 6.45) is -12.5. The van der Waals surface area contributed by atoms with Crippen molar-refractivity contribution in [3.05, 3.63) is 62.4 Å². The van der Waals surface area contributed by atoms with Crippen LogP contribution in [0.2, 0.25) is 0 Å². The van der Waals surface area contributed by atoms with E-state index in [1.165, 1.54) is 36.6 Å². The molecule has 16 atom stereocenters. The van der Waals surface area contributed by atoms with Gasteiger partial charge in [-0.25, -0.2) is 42.8 Å². The Morgan fingerprint density at radius 1 is 0.870 bits per heavy atom. The fourth-order valence-electron chi connectivity index (χ4n) is 8.68. The number of aliphatic hydroxyl groups excluding tert-OH is 3. The first-order valence-corrected chi connectivity index (χ1v) is 28.3. The lowest BCUT2D eigenvalue weighted by Gasteiger charge is -2.35. The van der Waals surface area contributed by atoms with E-state index in [9.17, 15) is 72.3 Å². The topological polar surface area (TPSA) is 533 Å². The predicted octanol–water partition coefficient (Wildman–Crippen LogP) is -4.91. The predicted molar refractivity (Wildman–Crippen MR) is 249 cm³/mol. The molecule has 424 valence electrons. The number of fused-ring (bicyclic) bond motifs is 2. The van der Waals surface area contributed by atoms with E-state index in [0.29, 0.717) is 4.57 Å². The van der Waals surface area contributed by atoms with Gasteiger partial charge in [0.05, 0.1) is 51.1 Å². The van der Waals surface area contributed by atoms with Crippen LogP contribution >= 0.6 is 31.1 Å². The number of nitrogen functional groups attached to an aromatic ring is 2. The third-order valence-electron chi connectivity index (χ3n) is 12.2. The number of hydrogen-bond acceptors (Lipinski definition) is 27. The standard InChI is InChI=1S/C35H50N14O24P4/c1-45(2)34(55)38-7-14-15(69-30(21(14)51)49-13-46(3)20-28(49)43-33(37)44-29(20)54)8-67-75(59,60)72-77(63,64)73-76(61,62)68-10-17-25(24(65-4)32(71-17)48-12-41-19-26(36)39-11-40-27(19)48)74(57,58)66-9-16-22(52)23(53)31(70-16)47-6-5-18(50)42-35(47)56/h5-6,11-17,21-25,30-32,51-53H,7-10H2,1-4H3,(H10-,36,37,38,39,40,42,43,44,50,54,55,56,57,58,59,60,61,62,63,64)/t14-,15-,16-,17-,21-,22-,23-,24-,25-,30-,31-,32-/m1/s1. The minimum atomic E-state index is -6.26. The maximum atomic E-state index is 14.2. The molecule has 8 heterocycles. The number of amides is 2. The molecule has 3 aliphatic heterocycles. The Bertz CT molecular complexity index is 3410. The molecule has 0 aliphatic carbocycles. The average Bonchev–Trinajstić information content (AvgIpc) is 4.16. The molecule has 77 heavy (non-hydrogen) atoms. The number of aromatic amines is 2. The van der Waals surface area contributed by atoms with Crippen molar-refractivity contribution in [1.29, 1.82) is 0 Å². The van der Waals surface area contributed by atoms with Gasteiger partial charge < -0.3 is 84.6 Å². The molecule has 0 spiro atoms. The molecule has 8 rings (SSSR count). The number of hydrogen-bond donors (Lipinski definition) is 11. The van der Waals surface area contributed by atoms with E-state index in [1.807, 2.05) is 4.98 Å². The number of carbonyl (C=O) groups excluding carboxylic acids is 1. The minimum absolute atomic E-state index is 0.0103. The molecule has 0 bridgehead atoms. The molecular weight excluding hydrogens is 1120 g/mol. The van der Waals surface area contributed by atoms with Gasteiger partial charge in [0, 0.05) is 45.9 Å². The maximum Gasteiger partial charge on any atom is 0.490 e. The SMILES string of the molecule is CO[C@@H]1[C@H](P(=O)([O-])OC[C@H]2O[C@@H](n3ccc(=O)[nH]c3=O)[C@H](O)[C@@H]2O)[C@@H](COP(=O)(O)OP(=O)(O)OP(=O)(O)OC[C@H]2O[C@@H]([n+]3cn(C)c4c(=O)[nH]c(N)nc43)[C@H](O)[C@@H]2CNC(=O)N(C)C)O[C@H]1n1cnc2c(N)ncnc21. The Morgan fingerprint density at radius 3 is 2.17 bits per heavy atom. The molecule has 0 radical (unpaired) electrons. The van der Waals surface area contributed by atoms with Gasteiger partial charge in [0.15, 0.2) is 30.2 Å². The molecular formula is C35H50N14O24P4. The van der Waals surface area contributed by atoms with Crippen molar-refractivity contribution < 1.29 is 104 Å². The molecule has 3 fully saturated rings. The number of aromatic nitrogens is 10. The summed E-state index contributed by atoms with van der Waals surface area (Å²) >= 11 is 0. The first-order chi connectivity index (χ1) is 36.0. The number of anilines is 2. The van der Waals surface area contributed by atoms with Gasteiger partial charge >= 0.3 is 40.8 Å². The number of carbonyl (C=O) groups is 1. The van der Waals surface area contributed by atoms with Gasteiger partial charge in [-0.05, 0) is 0 Å². The summed E-state index contributed by atoms with van der Waals surface area (Å²) in [4.78, 5) is 117. The van der Waals surface area contributed by atoms with Crippen molar-refractivity contribution in [2.75, 3.05) is 59.0 Å². The number of nitrogens with zero attached hydrogens (tertiary/aromatic N) is 9. The number of nitrogens with one attached hydrogen (secondary N) is 3. The van der Waals surface area contributed by atoms with E-state index >= 15 is 0 Å². The lowest BCUT2D eigenvalue weighted by Crippen LogP contribution is -2.47. The van der Waals surface area contributed by atoms with Gasteiger partial charge in [0.1, 0.15) is 50.0 Å². The molecule has 0 saturated carbocycles. The molecule has 13 N–H and O–H groups in total. The molecule has 42 heteroatoms. The summed E-state index contributed by atoms with van der Waals surface area (Å²) in [5, 5.41) is 35.5. The van der Waals surface area contributed by atoms with Crippen molar-refractivity contribution in [3.63, 3.8) is 0 Å². The second kappa shape index (κ2) is 22.1. The van der Waals surface area contributed by atoms with Crippen molar-refractivity contribution in [1.82, 2.24) is 53.8 Å². The Hall–Kier alpha value is -5.27. The number of aliphatic hydroxyl groups is 3. The van der Waals surface area contributed by atoms with Gasteiger partial charge in [0.2, 0.25) is 11.7 Å². The summed E-state index contributed by atoms with van der Waals surface area (Å²) in [6.45, 7) is -3.87. The second-order valence-corrected chi connectivity index (χ2v) is 24.0. The summed E-state index contributed by atoms with van der Waals surface area (Å²) in [5.74, 6) is -1.63. The van der Waals surface area contributed by atoms with Crippen LogP contribution in [-0.4, -0.2) is 180 Å². The zero-order chi connectivity index (χ0) is 56.3. The van der Waals surface area contributed by atoms with Crippen LogP contribution in [0, 0.1) is 5.92 Å². The Labute approximate surface area is 429 Å². The first kappa shape index (κ1) is 57.9. The number of phosphoric acid groups is 3. The molecule has 38 nitrogen and oxygen atoms in total. The monoisotopic (exact) mass is 1170 g/mol. The van der Waals surface area contributed by atoms with Crippen LogP contribution in [0.1, 0.15) is 18.7 Å². The lowest BCUT2D eigenvalue weighted by atomic mass is 9.98. The first-order valence-electron chi connectivity index (χ1n) is 22.2. The molecule has 2 amide bonds. The number of methoxy groups -OCH3 is 1. The van der Waals surface area contributed by atoms with Crippen LogP contribution in [-0.2, 0) is 66.4 Å². The number of ether oxygens (including phenoxy) is 4. The van der Waals surface area contributed by atoms with E-state index in [1.54, 1.807) is 0 Å². The molecule has 3 saturated heterocycles. The Balaban J connectivity index is 0.967. The molecule has 5 aromatic rings. The smallest absolute Gasteiger partial charge is 0.490 e. The van der Waals surface area contributed by atoms with E-state index in [2.05, 4.69) is 38.9 Å². The molecule has 4 unspecified atom stereocenters. The number of imidazole rings is 2. The van der Waals surface area contributed by atoms with Gasteiger partial charge in [-0.2, -0.15) is 8.62 Å². The fraction of sp³-hybridized carbons (Fsp3) is 0.571. The number of nitrogens with two attached hydrogens (primary N) is 2. The van der Waals surface area contributed by atoms with Crippen molar-refractivity contribution in [2.45, 2.75) is 67.1 Å². The summed E-state index contributed by atoms with van der Waals surface area (Å²) in [5.41, 5.74) is 6.95. The molecule has 0 aromatic carbocycles. The largest absolute Gasteiger partial charge is 0.778 e.